The van der Waals surface area contributed by atoms with E-state index in [0.29, 0.717) is 0 Å². The molecule has 0 atom stereocenters. The molecule has 0 unspecified atom stereocenters. The predicted molar refractivity (Wildman–Crippen MR) is 65.7 cm³/mol. The minimum absolute atomic E-state index is 0.201. The topological polar surface area (TPSA) is 28.1 Å². The monoisotopic (exact) mass is 392 g/mol. The average molecular weight is 392 g/mol. The fraction of sp³-hybridized carbons (Fsp3) is 0.417. The molecule has 0 saturated heterocycles. The summed E-state index contributed by atoms with van der Waals surface area (Å²) in [7, 11) is 0. The van der Waals surface area contributed by atoms with Crippen LogP contribution in [0.25, 0.3) is 6.08 Å². The number of H-pyrrole nitrogens is 1. The fourth-order valence-electron chi connectivity index (χ4n) is 2.01. The molecule has 0 aromatic carbocycles. The first-order valence-electron chi connectivity index (χ1n) is 5.18. The van der Waals surface area contributed by atoms with Crippen LogP contribution in [0.2, 0.25) is 0 Å². The zero-order valence-electron chi connectivity index (χ0n) is 9.46. The van der Waals surface area contributed by atoms with Gasteiger partial charge in [-0.05, 0) is 0 Å². The molecule has 2 nitrogen and oxygen atoms in total. The number of aromatic nitrogens is 1. The van der Waals surface area contributed by atoms with Crippen LogP contribution in [-0.4, -0.2) is 36.5 Å². The van der Waals surface area contributed by atoms with Crippen molar-refractivity contribution in [3.05, 3.63) is 23.7 Å². The van der Waals surface area contributed by atoms with Crippen molar-refractivity contribution in [1.82, 2.24) is 4.98 Å². The molecule has 1 aliphatic heterocycles. The summed E-state index contributed by atoms with van der Waals surface area (Å²) in [6.07, 6.45) is 5.31. The maximum absolute atomic E-state index is 4.63. The summed E-state index contributed by atoms with van der Waals surface area (Å²) in [5.41, 5.74) is 3.91. The van der Waals surface area contributed by atoms with Gasteiger partial charge in [0, 0.05) is 0 Å². The Morgan fingerprint density at radius 2 is 2.27 bits per heavy atom. The van der Waals surface area contributed by atoms with E-state index in [2.05, 4.69) is 42.9 Å². The van der Waals surface area contributed by atoms with Gasteiger partial charge in [0.1, 0.15) is 0 Å². The zero-order chi connectivity index (χ0) is 11.1. The molecule has 0 bridgehead atoms. The summed E-state index contributed by atoms with van der Waals surface area (Å²) in [6.45, 7) is 6.63. The van der Waals surface area contributed by atoms with Crippen molar-refractivity contribution in [2.24, 2.45) is 10.4 Å². The Bertz CT molecular complexity index is 438. The number of aliphatic imine (C=N–C) groups is 1. The van der Waals surface area contributed by atoms with Crippen molar-refractivity contribution in [1.29, 1.82) is 0 Å². The molecule has 0 spiro atoms. The Morgan fingerprint density at radius 3 is 2.73 bits per heavy atom. The van der Waals surface area contributed by atoms with Crippen molar-refractivity contribution >= 4 is 40.7 Å². The van der Waals surface area contributed by atoms with Gasteiger partial charge >= 0.3 is 107 Å². The molecule has 0 fully saturated rings. The maximum atomic E-state index is 4.63. The van der Waals surface area contributed by atoms with Crippen LogP contribution in [0.15, 0.2) is 23.0 Å². The van der Waals surface area contributed by atoms with E-state index >= 15 is 0 Å². The van der Waals surface area contributed by atoms with Crippen molar-refractivity contribution in [3.63, 3.8) is 0 Å². The molecule has 1 aromatic rings. The van der Waals surface area contributed by atoms with Gasteiger partial charge < -0.3 is 0 Å². The van der Waals surface area contributed by atoms with Gasteiger partial charge in [0.05, 0.1) is 0 Å². The van der Waals surface area contributed by atoms with Gasteiger partial charge in [0.15, 0.2) is 0 Å². The van der Waals surface area contributed by atoms with E-state index in [-0.39, 0.29) is 5.41 Å². The number of aromatic amines is 1. The van der Waals surface area contributed by atoms with Crippen LogP contribution in [-0.2, 0) is 0 Å². The number of nitrogens with zero attached hydrogens (tertiary/aromatic N) is 1. The van der Waals surface area contributed by atoms with Crippen LogP contribution in [0.4, 0.5) is 0 Å². The number of rotatable bonds is 1. The number of nitrogens with one attached hydrogen (secondary N) is 1. The van der Waals surface area contributed by atoms with E-state index in [9.17, 15) is 0 Å². The SMILES string of the molecule is CC1=N/C(=C\c2[nH]cc[c]2[Tl])C(C)(C)C1. The molecule has 0 radical (unpaired) electrons. The van der Waals surface area contributed by atoms with Crippen molar-refractivity contribution in [2.75, 3.05) is 0 Å². The van der Waals surface area contributed by atoms with E-state index in [1.54, 1.807) is 0 Å². The summed E-state index contributed by atoms with van der Waals surface area (Å²) < 4.78 is 1.44. The summed E-state index contributed by atoms with van der Waals surface area (Å²) in [6, 6.07) is 2.16. The molecule has 1 N–H and O–H groups in total. The van der Waals surface area contributed by atoms with Crippen LogP contribution in [0.3, 0.4) is 0 Å². The van der Waals surface area contributed by atoms with Crippen LogP contribution < -0.4 is 3.12 Å². The average Bonchev–Trinajstić information content (AvgIpc) is 2.59. The fourth-order valence-corrected chi connectivity index (χ4v) is 3.03. The first-order chi connectivity index (χ1) is 6.99. The summed E-state index contributed by atoms with van der Waals surface area (Å²) in [5, 5.41) is 0. The minimum atomic E-state index is 0.201. The van der Waals surface area contributed by atoms with Gasteiger partial charge in [0.2, 0.25) is 0 Å². The molecule has 1 aromatic heterocycles. The first kappa shape index (κ1) is 11.1. The number of hydrogen-bond acceptors (Lipinski definition) is 1. The standard InChI is InChI=1S/C12H15N2.Tl/c1-9-8-12(2,3)11(14-9)7-10-5-4-6-13-10;/h4,6-7,13H,8H2,1-3H3;/b11-7-;. The quantitative estimate of drug-likeness (QED) is 0.710. The second-order valence-electron chi connectivity index (χ2n) is 4.78. The number of allylic oxidation sites excluding steroid dienone is 1. The van der Waals surface area contributed by atoms with E-state index in [1.807, 2.05) is 6.20 Å². The molecule has 15 heavy (non-hydrogen) atoms. The molecular formula is C12H15N2Tl. The summed E-state index contributed by atoms with van der Waals surface area (Å²) in [4.78, 5) is 7.91. The molecule has 0 aliphatic carbocycles. The normalized spacial score (nSPS) is 22.0. The molecule has 2 rings (SSSR count). The van der Waals surface area contributed by atoms with Crippen molar-refractivity contribution in [3.8, 4) is 0 Å². The van der Waals surface area contributed by atoms with Gasteiger partial charge in [0.25, 0.3) is 0 Å². The third-order valence-electron chi connectivity index (χ3n) is 2.80. The van der Waals surface area contributed by atoms with Gasteiger partial charge in [-0.25, -0.2) is 0 Å². The molecule has 0 saturated carbocycles. The van der Waals surface area contributed by atoms with Gasteiger partial charge in [-0.1, -0.05) is 0 Å². The number of hydrogen-bond donors (Lipinski definition) is 1. The van der Waals surface area contributed by atoms with E-state index < -0.39 is 0 Å². The van der Waals surface area contributed by atoms with Gasteiger partial charge in [-0.15, -0.1) is 0 Å². The predicted octanol–water partition coefficient (Wildman–Crippen LogP) is 2.04. The third kappa shape index (κ3) is 2.24. The van der Waals surface area contributed by atoms with Gasteiger partial charge in [-0.2, -0.15) is 0 Å². The van der Waals surface area contributed by atoms with Crippen LogP contribution in [0.1, 0.15) is 32.9 Å². The Hall–Kier alpha value is -0.388. The van der Waals surface area contributed by atoms with E-state index in [4.69, 9.17) is 0 Å². The molecule has 3 heteroatoms. The molecular weight excluding hydrogens is 377 g/mol. The van der Waals surface area contributed by atoms with Crippen molar-refractivity contribution < 1.29 is 0 Å². The van der Waals surface area contributed by atoms with Crippen LogP contribution in [0, 0.1) is 5.41 Å². The Kier molecular flexibility index (Phi) is 2.88. The molecule has 1 aliphatic rings. The van der Waals surface area contributed by atoms with E-state index in [1.165, 1.54) is 20.2 Å². The van der Waals surface area contributed by atoms with Crippen LogP contribution in [0.5, 0.6) is 0 Å². The van der Waals surface area contributed by atoms with Gasteiger partial charge in [-0.3, -0.25) is 0 Å². The Balaban J connectivity index is 2.39. The summed E-state index contributed by atoms with van der Waals surface area (Å²) in [5.74, 6) is 0. The second-order valence-corrected chi connectivity index (χ2v) is 7.20. The summed E-state index contributed by atoms with van der Waals surface area (Å²) >= 11 is 0.877. The molecule has 2 heterocycles. The molecule has 76 valence electrons. The van der Waals surface area contributed by atoms with Crippen LogP contribution >= 0.6 is 0 Å². The van der Waals surface area contributed by atoms with E-state index in [0.717, 1.165) is 32.2 Å². The molecule has 0 amide bonds. The Morgan fingerprint density at radius 1 is 1.53 bits per heavy atom. The second kappa shape index (κ2) is 3.88. The Labute approximate surface area is 107 Å². The van der Waals surface area contributed by atoms with Crippen molar-refractivity contribution in [2.45, 2.75) is 27.2 Å². The third-order valence-corrected chi connectivity index (χ3v) is 4.75. The zero-order valence-corrected chi connectivity index (χ0v) is 14.0. The first-order valence-corrected chi connectivity index (χ1v) is 7.43.